The third-order valence-electron chi connectivity index (χ3n) is 5.45. The Morgan fingerprint density at radius 3 is 2.43 bits per heavy atom. The Morgan fingerprint density at radius 1 is 1.22 bits per heavy atom. The predicted molar refractivity (Wildman–Crippen MR) is 103 cm³/mol. The zero-order valence-corrected chi connectivity index (χ0v) is 16.3. The topological polar surface area (TPSA) is 17.1 Å². The largest absolute Gasteiger partial charge is 0.299 e. The third-order valence-corrected chi connectivity index (χ3v) is 8.68. The van der Waals surface area contributed by atoms with Crippen LogP contribution in [0.25, 0.3) is 0 Å². The smallest absolute Gasteiger partial charge is 0.136 e. The van der Waals surface area contributed by atoms with Gasteiger partial charge >= 0.3 is 0 Å². The van der Waals surface area contributed by atoms with Crippen LogP contribution in [0, 0.1) is 17.8 Å². The minimum atomic E-state index is -1.55. The summed E-state index contributed by atoms with van der Waals surface area (Å²) in [5, 5.41) is 1.48. The van der Waals surface area contributed by atoms with E-state index >= 15 is 0 Å². The van der Waals surface area contributed by atoms with Crippen LogP contribution in [0.4, 0.5) is 0 Å². The first-order valence-electron chi connectivity index (χ1n) is 9.09. The first-order chi connectivity index (χ1) is 10.8. The van der Waals surface area contributed by atoms with E-state index in [1.807, 2.05) is 0 Å². The van der Waals surface area contributed by atoms with E-state index in [-0.39, 0.29) is 5.92 Å². The maximum Gasteiger partial charge on any atom is 0.136 e. The number of hydrogen-bond acceptors (Lipinski definition) is 1. The molecule has 23 heavy (non-hydrogen) atoms. The number of Topliss-reactive ketones (excluding diaryl/α,β-unsaturated/α-hetero) is 1. The number of benzene rings is 1. The molecule has 2 rings (SSSR count). The fraction of sp³-hybridized carbons (Fsp3) is 0.571. The molecule has 0 aromatic heterocycles. The number of carbonyl (C=O) groups is 1. The lowest BCUT2D eigenvalue weighted by molar-refractivity contribution is -0.126. The molecule has 1 aliphatic rings. The number of hydrogen-bond donors (Lipinski definition) is 0. The fourth-order valence-corrected chi connectivity index (χ4v) is 6.96. The fourth-order valence-electron chi connectivity index (χ4n) is 4.29. The molecular formula is C21H32OSi. The highest BCUT2D eigenvalue weighted by Gasteiger charge is 2.36. The quantitative estimate of drug-likeness (QED) is 0.519. The molecule has 0 N–H and O–H groups in total. The average Bonchev–Trinajstić information content (AvgIpc) is 2.49. The van der Waals surface area contributed by atoms with Crippen molar-refractivity contribution in [3.05, 3.63) is 42.5 Å². The Bertz CT molecular complexity index is 544. The summed E-state index contributed by atoms with van der Waals surface area (Å²) < 4.78 is 0. The molecule has 0 bridgehead atoms. The molecule has 2 heteroatoms. The van der Waals surface area contributed by atoms with Crippen LogP contribution in [0.15, 0.2) is 42.5 Å². The number of allylic oxidation sites excluding steroid dienone is 1. The van der Waals surface area contributed by atoms with Crippen LogP contribution < -0.4 is 5.19 Å². The van der Waals surface area contributed by atoms with Gasteiger partial charge in [0.2, 0.25) is 0 Å². The predicted octanol–water partition coefficient (Wildman–Crippen LogP) is 5.19. The van der Waals surface area contributed by atoms with Crippen LogP contribution in [0.2, 0.25) is 19.1 Å². The summed E-state index contributed by atoms with van der Waals surface area (Å²) in [6, 6.07) is 12.0. The van der Waals surface area contributed by atoms with E-state index < -0.39 is 8.07 Å². The monoisotopic (exact) mass is 328 g/mol. The Labute approximate surface area is 143 Å². The molecule has 0 radical (unpaired) electrons. The molecule has 0 amide bonds. The average molecular weight is 329 g/mol. The lowest BCUT2D eigenvalue weighted by Crippen LogP contribution is -2.43. The molecule has 0 saturated heterocycles. The summed E-state index contributed by atoms with van der Waals surface area (Å²) in [6.07, 6.45) is 4.12. The summed E-state index contributed by atoms with van der Waals surface area (Å²) in [5.74, 6) is 1.56. The highest BCUT2D eigenvalue weighted by Crippen LogP contribution is 2.38. The highest BCUT2D eigenvalue weighted by atomic mass is 28.3. The Kier molecular flexibility index (Phi) is 6.02. The van der Waals surface area contributed by atoms with Gasteiger partial charge < -0.3 is 0 Å². The van der Waals surface area contributed by atoms with E-state index in [1.54, 1.807) is 0 Å². The maximum atomic E-state index is 12.5. The van der Waals surface area contributed by atoms with Crippen molar-refractivity contribution >= 4 is 19.0 Å². The first kappa shape index (κ1) is 18.2. The molecule has 0 heterocycles. The highest BCUT2D eigenvalue weighted by molar-refractivity contribution is 6.90. The molecule has 2 unspecified atom stereocenters. The van der Waals surface area contributed by atoms with Crippen molar-refractivity contribution in [2.45, 2.75) is 58.7 Å². The van der Waals surface area contributed by atoms with Crippen LogP contribution in [0.1, 0.15) is 39.5 Å². The van der Waals surface area contributed by atoms with E-state index in [1.165, 1.54) is 17.2 Å². The number of rotatable bonds is 6. The zero-order chi connectivity index (χ0) is 17.0. The lowest BCUT2D eigenvalue weighted by atomic mass is 9.71. The van der Waals surface area contributed by atoms with Crippen molar-refractivity contribution in [1.29, 1.82) is 0 Å². The van der Waals surface area contributed by atoms with Crippen LogP contribution >= 0.6 is 0 Å². The molecule has 2 atom stereocenters. The van der Waals surface area contributed by atoms with Gasteiger partial charge in [-0.25, -0.2) is 0 Å². The Hall–Kier alpha value is -1.15. The van der Waals surface area contributed by atoms with Crippen LogP contribution in [0.5, 0.6) is 0 Å². The lowest BCUT2D eigenvalue weighted by Gasteiger charge is -2.36. The summed E-state index contributed by atoms with van der Waals surface area (Å²) in [4.78, 5) is 12.5. The number of ketones is 1. The van der Waals surface area contributed by atoms with Crippen molar-refractivity contribution in [1.82, 2.24) is 0 Å². The second-order valence-electron chi connectivity index (χ2n) is 8.17. The van der Waals surface area contributed by atoms with Gasteiger partial charge in [-0.2, -0.15) is 0 Å². The molecule has 0 spiro atoms. The summed E-state index contributed by atoms with van der Waals surface area (Å²) in [6.45, 7) is 13.8. The van der Waals surface area contributed by atoms with E-state index in [0.29, 0.717) is 17.6 Å². The molecule has 1 saturated carbocycles. The van der Waals surface area contributed by atoms with Gasteiger partial charge in [0, 0.05) is 12.3 Å². The summed E-state index contributed by atoms with van der Waals surface area (Å²) in [7, 11) is -1.55. The van der Waals surface area contributed by atoms with Gasteiger partial charge in [-0.3, -0.25) is 4.79 Å². The van der Waals surface area contributed by atoms with E-state index in [9.17, 15) is 4.79 Å². The second-order valence-corrected chi connectivity index (χ2v) is 12.9. The molecular weight excluding hydrogens is 296 g/mol. The van der Waals surface area contributed by atoms with Gasteiger partial charge in [0.15, 0.2) is 0 Å². The van der Waals surface area contributed by atoms with Crippen molar-refractivity contribution in [2.75, 3.05) is 0 Å². The van der Waals surface area contributed by atoms with E-state index in [0.717, 1.165) is 25.3 Å². The van der Waals surface area contributed by atoms with Crippen LogP contribution in [-0.2, 0) is 4.79 Å². The SMILES string of the molecule is C=C(C[Si](C)(C)c1ccccc1)C(C(C)C)C1CCCCC1=O. The Balaban J connectivity index is 2.17. The van der Waals surface area contributed by atoms with Crippen molar-refractivity contribution in [2.24, 2.45) is 17.8 Å². The summed E-state index contributed by atoms with van der Waals surface area (Å²) >= 11 is 0. The maximum absolute atomic E-state index is 12.5. The van der Waals surface area contributed by atoms with Gasteiger partial charge in [0.05, 0.1) is 8.07 Å². The van der Waals surface area contributed by atoms with Gasteiger partial charge in [0.1, 0.15) is 5.78 Å². The minimum Gasteiger partial charge on any atom is -0.299 e. The number of carbonyl (C=O) groups excluding carboxylic acids is 1. The third kappa shape index (κ3) is 4.44. The molecule has 0 aliphatic heterocycles. The van der Waals surface area contributed by atoms with E-state index in [4.69, 9.17) is 0 Å². The van der Waals surface area contributed by atoms with Gasteiger partial charge in [-0.1, -0.05) is 81.0 Å². The van der Waals surface area contributed by atoms with Crippen molar-refractivity contribution in [3.8, 4) is 0 Å². The molecule has 1 aliphatic carbocycles. The van der Waals surface area contributed by atoms with Crippen LogP contribution in [0.3, 0.4) is 0 Å². The molecule has 1 aromatic rings. The molecule has 126 valence electrons. The van der Waals surface area contributed by atoms with E-state index in [2.05, 4.69) is 63.9 Å². The van der Waals surface area contributed by atoms with Gasteiger partial charge in [0.25, 0.3) is 0 Å². The standard InChI is InChI=1S/C21H32OSi/c1-16(2)21(19-13-9-10-14-20(19)22)17(3)15-23(4,5)18-11-7-6-8-12-18/h6-8,11-12,16,19,21H,3,9-10,13-15H2,1-2,4-5H3. The Morgan fingerprint density at radius 2 is 1.87 bits per heavy atom. The second kappa shape index (κ2) is 7.61. The van der Waals surface area contributed by atoms with Crippen LogP contribution in [-0.4, -0.2) is 13.9 Å². The van der Waals surface area contributed by atoms with Crippen molar-refractivity contribution in [3.63, 3.8) is 0 Å². The van der Waals surface area contributed by atoms with Gasteiger partial charge in [-0.05, 0) is 30.7 Å². The normalized spacial score (nSPS) is 20.6. The molecule has 1 nitrogen and oxygen atoms in total. The molecule has 1 aromatic carbocycles. The first-order valence-corrected chi connectivity index (χ1v) is 12.3. The minimum absolute atomic E-state index is 0.219. The zero-order valence-electron chi connectivity index (χ0n) is 15.3. The molecule has 1 fully saturated rings. The van der Waals surface area contributed by atoms with Crippen molar-refractivity contribution < 1.29 is 4.79 Å². The van der Waals surface area contributed by atoms with Gasteiger partial charge in [-0.15, -0.1) is 0 Å². The summed E-state index contributed by atoms with van der Waals surface area (Å²) in [5.41, 5.74) is 1.32.